The summed E-state index contributed by atoms with van der Waals surface area (Å²) in [5.74, 6) is -1.02. The average Bonchev–Trinajstić information content (AvgIpc) is 2.99. The molecule has 3 aromatic rings. The third-order valence-electron chi connectivity index (χ3n) is 4.91. The Hall–Kier alpha value is -4.06. The molecular formula is C24H18N2O4. The lowest BCUT2D eigenvalue weighted by Gasteiger charge is -2.14. The number of benzene rings is 3. The van der Waals surface area contributed by atoms with Crippen LogP contribution in [0.4, 0.5) is 11.4 Å². The van der Waals surface area contributed by atoms with E-state index in [1.54, 1.807) is 72.8 Å². The monoisotopic (exact) mass is 398 g/mol. The van der Waals surface area contributed by atoms with Crippen molar-refractivity contribution in [3.63, 3.8) is 0 Å². The number of rotatable bonds is 5. The van der Waals surface area contributed by atoms with Crippen LogP contribution in [0.15, 0.2) is 72.8 Å². The lowest BCUT2D eigenvalue weighted by atomic mass is 10.1. The Balaban J connectivity index is 1.45. The summed E-state index contributed by atoms with van der Waals surface area (Å²) >= 11 is 0. The van der Waals surface area contributed by atoms with Gasteiger partial charge in [0.05, 0.1) is 23.2 Å². The van der Waals surface area contributed by atoms with Crippen LogP contribution in [0.1, 0.15) is 43.6 Å². The number of anilines is 2. The summed E-state index contributed by atoms with van der Waals surface area (Å²) < 4.78 is 0. The Morgan fingerprint density at radius 2 is 1.47 bits per heavy atom. The van der Waals surface area contributed by atoms with Crippen molar-refractivity contribution in [1.29, 1.82) is 0 Å². The summed E-state index contributed by atoms with van der Waals surface area (Å²) in [7, 11) is 0. The second kappa shape index (κ2) is 7.75. The molecule has 1 heterocycles. The van der Waals surface area contributed by atoms with E-state index in [9.17, 15) is 19.2 Å². The Labute approximate surface area is 173 Å². The number of carbonyl (C=O) groups is 4. The largest absolute Gasteiger partial charge is 0.326 e. The van der Waals surface area contributed by atoms with E-state index < -0.39 is 0 Å². The minimum Gasteiger partial charge on any atom is -0.326 e. The fourth-order valence-electron chi connectivity index (χ4n) is 3.39. The molecule has 3 aromatic carbocycles. The first-order valence-corrected chi connectivity index (χ1v) is 9.41. The van der Waals surface area contributed by atoms with E-state index in [1.165, 1.54) is 6.92 Å². The molecule has 0 bridgehead atoms. The first-order chi connectivity index (χ1) is 14.4. The number of hydrogen-bond acceptors (Lipinski definition) is 4. The molecule has 0 aliphatic carbocycles. The Bertz CT molecular complexity index is 1150. The van der Waals surface area contributed by atoms with Crippen LogP contribution in [0.2, 0.25) is 0 Å². The number of amides is 3. The van der Waals surface area contributed by atoms with E-state index in [-0.39, 0.29) is 29.9 Å². The summed E-state index contributed by atoms with van der Waals surface area (Å²) in [5.41, 5.74) is 3.04. The third-order valence-corrected chi connectivity index (χ3v) is 4.91. The van der Waals surface area contributed by atoms with Crippen LogP contribution >= 0.6 is 0 Å². The van der Waals surface area contributed by atoms with Crippen molar-refractivity contribution in [3.05, 3.63) is 95.1 Å². The molecule has 4 rings (SSSR count). The van der Waals surface area contributed by atoms with Crippen LogP contribution in [0.3, 0.4) is 0 Å². The van der Waals surface area contributed by atoms with Crippen molar-refractivity contribution < 1.29 is 19.2 Å². The molecule has 0 saturated carbocycles. The van der Waals surface area contributed by atoms with Crippen molar-refractivity contribution in [1.82, 2.24) is 0 Å². The van der Waals surface area contributed by atoms with Crippen molar-refractivity contribution >= 4 is 34.9 Å². The minimum atomic E-state index is -0.355. The van der Waals surface area contributed by atoms with E-state index in [0.29, 0.717) is 28.1 Å². The van der Waals surface area contributed by atoms with Crippen molar-refractivity contribution in [2.24, 2.45) is 0 Å². The highest BCUT2D eigenvalue weighted by molar-refractivity contribution is 6.34. The fraction of sp³-hybridized carbons (Fsp3) is 0.0833. The Kier molecular flexibility index (Phi) is 4.98. The van der Waals surface area contributed by atoms with Crippen LogP contribution in [-0.4, -0.2) is 23.5 Å². The molecule has 0 unspecified atom stereocenters. The molecule has 0 aromatic heterocycles. The number of imide groups is 1. The van der Waals surface area contributed by atoms with Gasteiger partial charge in [-0.25, -0.2) is 4.90 Å². The zero-order chi connectivity index (χ0) is 21.3. The molecule has 3 amide bonds. The van der Waals surface area contributed by atoms with Crippen LogP contribution in [0.5, 0.6) is 0 Å². The van der Waals surface area contributed by atoms with E-state index >= 15 is 0 Å². The highest BCUT2D eigenvalue weighted by Crippen LogP contribution is 2.28. The number of Topliss-reactive ketones (excluding diaryl/α,β-unsaturated/α-hetero) is 1. The molecule has 0 saturated heterocycles. The van der Waals surface area contributed by atoms with Crippen molar-refractivity contribution in [2.45, 2.75) is 13.3 Å². The van der Waals surface area contributed by atoms with Gasteiger partial charge in [0, 0.05) is 11.3 Å². The Morgan fingerprint density at radius 3 is 2.07 bits per heavy atom. The van der Waals surface area contributed by atoms with Gasteiger partial charge in [0.15, 0.2) is 5.78 Å². The lowest BCUT2D eigenvalue weighted by molar-refractivity contribution is -0.115. The quantitative estimate of drug-likeness (QED) is 0.522. The maximum atomic E-state index is 12.6. The molecule has 6 heteroatoms. The molecule has 30 heavy (non-hydrogen) atoms. The van der Waals surface area contributed by atoms with E-state index in [1.807, 2.05) is 0 Å². The topological polar surface area (TPSA) is 83.6 Å². The fourth-order valence-corrected chi connectivity index (χ4v) is 3.39. The lowest BCUT2D eigenvalue weighted by Crippen LogP contribution is -2.29. The second-order valence-electron chi connectivity index (χ2n) is 7.02. The molecule has 0 atom stereocenters. The first kappa shape index (κ1) is 19.3. The summed E-state index contributed by atoms with van der Waals surface area (Å²) in [6.45, 7) is 1.47. The number of ketones is 1. The SMILES string of the molecule is CC(=O)c1cccc(NC(=O)Cc2ccc(N3C(=O)c4ccccc4C3=O)cc2)c1. The molecule has 148 valence electrons. The summed E-state index contributed by atoms with van der Waals surface area (Å²) in [4.78, 5) is 50.1. The number of nitrogens with zero attached hydrogens (tertiary/aromatic N) is 1. The number of fused-ring (bicyclic) bond motifs is 1. The molecule has 1 aliphatic heterocycles. The number of hydrogen-bond donors (Lipinski definition) is 1. The first-order valence-electron chi connectivity index (χ1n) is 9.41. The van der Waals surface area contributed by atoms with E-state index in [2.05, 4.69) is 5.32 Å². The Morgan fingerprint density at radius 1 is 0.833 bits per heavy atom. The van der Waals surface area contributed by atoms with Gasteiger partial charge in [-0.2, -0.15) is 0 Å². The van der Waals surface area contributed by atoms with Gasteiger partial charge in [-0.1, -0.05) is 36.4 Å². The van der Waals surface area contributed by atoms with Gasteiger partial charge in [-0.15, -0.1) is 0 Å². The molecule has 1 N–H and O–H groups in total. The van der Waals surface area contributed by atoms with Gasteiger partial charge in [0.25, 0.3) is 11.8 Å². The van der Waals surface area contributed by atoms with Crippen LogP contribution in [-0.2, 0) is 11.2 Å². The van der Waals surface area contributed by atoms with Gasteiger partial charge in [0.1, 0.15) is 0 Å². The van der Waals surface area contributed by atoms with E-state index in [4.69, 9.17) is 0 Å². The van der Waals surface area contributed by atoms with Crippen LogP contribution < -0.4 is 10.2 Å². The molecule has 1 aliphatic rings. The molecule has 0 radical (unpaired) electrons. The normalized spacial score (nSPS) is 12.6. The maximum absolute atomic E-state index is 12.6. The van der Waals surface area contributed by atoms with Gasteiger partial charge >= 0.3 is 0 Å². The molecule has 6 nitrogen and oxygen atoms in total. The third kappa shape index (κ3) is 3.63. The standard InChI is InChI=1S/C24H18N2O4/c1-15(27)17-5-4-6-18(14-17)25-22(28)13-16-9-11-19(12-10-16)26-23(29)20-7-2-3-8-21(20)24(26)30/h2-12,14H,13H2,1H3,(H,25,28). The van der Waals surface area contributed by atoms with Gasteiger partial charge in [-0.3, -0.25) is 19.2 Å². The molecular weight excluding hydrogens is 380 g/mol. The predicted molar refractivity (Wildman–Crippen MR) is 113 cm³/mol. The molecule has 0 fully saturated rings. The van der Waals surface area contributed by atoms with Crippen LogP contribution in [0.25, 0.3) is 0 Å². The minimum absolute atomic E-state index is 0.0742. The highest BCUT2D eigenvalue weighted by atomic mass is 16.2. The van der Waals surface area contributed by atoms with Crippen molar-refractivity contribution in [3.8, 4) is 0 Å². The summed E-state index contributed by atoms with van der Waals surface area (Å²) in [5, 5.41) is 2.77. The summed E-state index contributed by atoms with van der Waals surface area (Å²) in [6, 6.07) is 20.2. The van der Waals surface area contributed by atoms with Gasteiger partial charge in [-0.05, 0) is 48.9 Å². The van der Waals surface area contributed by atoms with Gasteiger partial charge < -0.3 is 5.32 Å². The molecule has 0 spiro atoms. The van der Waals surface area contributed by atoms with Gasteiger partial charge in [0.2, 0.25) is 5.91 Å². The predicted octanol–water partition coefficient (Wildman–Crippen LogP) is 3.87. The van der Waals surface area contributed by atoms with Crippen LogP contribution in [0, 0.1) is 0 Å². The van der Waals surface area contributed by atoms with E-state index in [0.717, 1.165) is 10.5 Å². The zero-order valence-corrected chi connectivity index (χ0v) is 16.2. The smallest absolute Gasteiger partial charge is 0.266 e. The zero-order valence-electron chi connectivity index (χ0n) is 16.2. The average molecular weight is 398 g/mol. The second-order valence-corrected chi connectivity index (χ2v) is 7.02. The van der Waals surface area contributed by atoms with Crippen molar-refractivity contribution in [2.75, 3.05) is 10.2 Å². The summed E-state index contributed by atoms with van der Waals surface area (Å²) in [6.07, 6.45) is 0.118. The maximum Gasteiger partial charge on any atom is 0.266 e. The number of nitrogens with one attached hydrogen (secondary N) is 1. The number of carbonyl (C=O) groups excluding carboxylic acids is 4. The highest BCUT2D eigenvalue weighted by Gasteiger charge is 2.36.